The highest BCUT2D eigenvalue weighted by molar-refractivity contribution is 7.92. The van der Waals surface area contributed by atoms with Crippen molar-refractivity contribution in [2.24, 2.45) is 0 Å². The zero-order chi connectivity index (χ0) is 20.3. The molecule has 1 saturated heterocycles. The lowest BCUT2D eigenvalue weighted by Gasteiger charge is -2.35. The van der Waals surface area contributed by atoms with Gasteiger partial charge in [-0.15, -0.1) is 0 Å². The van der Waals surface area contributed by atoms with Crippen molar-refractivity contribution in [1.82, 2.24) is 9.88 Å². The number of hydrogen-bond donors (Lipinski definition) is 1. The predicted octanol–water partition coefficient (Wildman–Crippen LogP) is 2.55. The minimum Gasteiger partial charge on any atom is -0.354 e. The van der Waals surface area contributed by atoms with E-state index in [1.54, 1.807) is 4.90 Å². The van der Waals surface area contributed by atoms with Crippen LogP contribution in [0, 0.1) is 11.6 Å². The standard InChI is InChI=1S/C17H18F4N4O2S/c18-14-3-1-12(9-15(14)19)23-28(26,27)13-2-4-17(22-10-13)25-7-5-24(6-8-25)11-16(20)21/h1-4,9-10,16,23H,5-8,11H2. The SMILES string of the molecule is O=S(=O)(Nc1ccc(F)c(F)c1)c1ccc(N2CCN(CC(F)F)CC2)nc1. The Balaban J connectivity index is 1.65. The molecule has 2 aromatic rings. The van der Waals surface area contributed by atoms with Crippen molar-refractivity contribution < 1.29 is 26.0 Å². The van der Waals surface area contributed by atoms with Gasteiger partial charge in [-0.05, 0) is 24.3 Å². The number of aromatic nitrogens is 1. The number of halogens is 4. The molecule has 0 amide bonds. The van der Waals surface area contributed by atoms with E-state index in [4.69, 9.17) is 0 Å². The minimum absolute atomic E-state index is 0.113. The summed E-state index contributed by atoms with van der Waals surface area (Å²) in [6.07, 6.45) is -1.22. The molecule has 0 spiro atoms. The van der Waals surface area contributed by atoms with Gasteiger partial charge in [-0.1, -0.05) is 0 Å². The van der Waals surface area contributed by atoms with Crippen LogP contribution in [0.4, 0.5) is 29.1 Å². The Morgan fingerprint density at radius 3 is 2.32 bits per heavy atom. The van der Waals surface area contributed by atoms with E-state index in [1.165, 1.54) is 12.1 Å². The zero-order valence-corrected chi connectivity index (χ0v) is 15.5. The van der Waals surface area contributed by atoms with Crippen LogP contribution in [0.3, 0.4) is 0 Å². The average Bonchev–Trinajstić information content (AvgIpc) is 2.65. The van der Waals surface area contributed by atoms with Crippen molar-refractivity contribution >= 4 is 21.5 Å². The summed E-state index contributed by atoms with van der Waals surface area (Å²) in [6, 6.07) is 5.53. The molecule has 28 heavy (non-hydrogen) atoms. The van der Waals surface area contributed by atoms with Crippen LogP contribution >= 0.6 is 0 Å². The largest absolute Gasteiger partial charge is 0.354 e. The summed E-state index contributed by atoms with van der Waals surface area (Å²) in [5.41, 5.74) is -0.113. The molecule has 0 radical (unpaired) electrons. The number of piperazine rings is 1. The first-order chi connectivity index (χ1) is 13.2. The Hall–Kier alpha value is -2.40. The van der Waals surface area contributed by atoms with Gasteiger partial charge >= 0.3 is 0 Å². The van der Waals surface area contributed by atoms with E-state index in [1.807, 2.05) is 4.90 Å². The van der Waals surface area contributed by atoms with Gasteiger partial charge in [0.1, 0.15) is 10.7 Å². The Morgan fingerprint density at radius 1 is 1.04 bits per heavy atom. The van der Waals surface area contributed by atoms with Gasteiger partial charge in [0.15, 0.2) is 11.6 Å². The van der Waals surface area contributed by atoms with E-state index < -0.39 is 28.1 Å². The van der Waals surface area contributed by atoms with Crippen molar-refractivity contribution in [1.29, 1.82) is 0 Å². The third-order valence-corrected chi connectivity index (χ3v) is 5.66. The van der Waals surface area contributed by atoms with E-state index in [9.17, 15) is 26.0 Å². The molecular weight excluding hydrogens is 400 g/mol. The summed E-state index contributed by atoms with van der Waals surface area (Å²) < 4.78 is 77.9. The van der Waals surface area contributed by atoms with Crippen LogP contribution in [-0.2, 0) is 10.0 Å². The van der Waals surface area contributed by atoms with Crippen LogP contribution in [0.15, 0.2) is 41.4 Å². The fourth-order valence-corrected chi connectivity index (χ4v) is 3.84. The first-order valence-corrected chi connectivity index (χ1v) is 9.92. The molecule has 11 heteroatoms. The zero-order valence-electron chi connectivity index (χ0n) is 14.7. The summed E-state index contributed by atoms with van der Waals surface area (Å²) >= 11 is 0. The van der Waals surface area contributed by atoms with Gasteiger partial charge in [-0.3, -0.25) is 9.62 Å². The van der Waals surface area contributed by atoms with Gasteiger partial charge in [-0.2, -0.15) is 0 Å². The summed E-state index contributed by atoms with van der Waals surface area (Å²) in [4.78, 5) is 7.53. The maximum Gasteiger partial charge on any atom is 0.263 e. The molecule has 3 rings (SSSR count). The molecule has 0 atom stereocenters. The number of alkyl halides is 2. The molecular formula is C17H18F4N4O2S. The van der Waals surface area contributed by atoms with Gasteiger partial charge in [0, 0.05) is 38.4 Å². The fraction of sp³-hybridized carbons (Fsp3) is 0.353. The maximum absolute atomic E-state index is 13.2. The lowest BCUT2D eigenvalue weighted by Crippen LogP contribution is -2.48. The van der Waals surface area contributed by atoms with Gasteiger partial charge in [0.25, 0.3) is 16.4 Å². The molecule has 2 heterocycles. The highest BCUT2D eigenvalue weighted by Crippen LogP contribution is 2.20. The highest BCUT2D eigenvalue weighted by atomic mass is 32.2. The minimum atomic E-state index is -4.02. The summed E-state index contributed by atoms with van der Waals surface area (Å²) in [5, 5.41) is 0. The molecule has 1 aliphatic heterocycles. The van der Waals surface area contributed by atoms with Gasteiger partial charge in [-0.25, -0.2) is 31.0 Å². The van der Waals surface area contributed by atoms with Crippen LogP contribution in [0.5, 0.6) is 0 Å². The lowest BCUT2D eigenvalue weighted by atomic mass is 10.3. The number of pyridine rings is 1. The average molecular weight is 418 g/mol. The Kier molecular flexibility index (Phi) is 6.04. The van der Waals surface area contributed by atoms with Crippen molar-refractivity contribution in [2.45, 2.75) is 11.3 Å². The quantitative estimate of drug-likeness (QED) is 0.731. The second-order valence-corrected chi connectivity index (χ2v) is 7.95. The second kappa shape index (κ2) is 8.31. The van der Waals surface area contributed by atoms with Gasteiger partial charge in [0.2, 0.25) is 0 Å². The topological polar surface area (TPSA) is 65.5 Å². The number of hydrogen-bond acceptors (Lipinski definition) is 5. The number of sulfonamides is 1. The monoisotopic (exact) mass is 418 g/mol. The van der Waals surface area contributed by atoms with Crippen LogP contribution in [0.25, 0.3) is 0 Å². The van der Waals surface area contributed by atoms with Crippen molar-refractivity contribution in [3.63, 3.8) is 0 Å². The van der Waals surface area contributed by atoms with E-state index >= 15 is 0 Å². The number of anilines is 2. The fourth-order valence-electron chi connectivity index (χ4n) is 2.85. The summed E-state index contributed by atoms with van der Waals surface area (Å²) in [5.74, 6) is -1.72. The molecule has 1 aromatic carbocycles. The number of nitrogens with one attached hydrogen (secondary N) is 1. The molecule has 1 fully saturated rings. The van der Waals surface area contributed by atoms with E-state index in [2.05, 4.69) is 9.71 Å². The molecule has 0 unspecified atom stereocenters. The van der Waals surface area contributed by atoms with E-state index in [-0.39, 0.29) is 17.1 Å². The molecule has 0 saturated carbocycles. The predicted molar refractivity (Wildman–Crippen MR) is 96.1 cm³/mol. The molecule has 1 aromatic heterocycles. The first-order valence-electron chi connectivity index (χ1n) is 8.44. The Labute approximate surface area is 159 Å². The van der Waals surface area contributed by atoms with Gasteiger partial charge in [0.05, 0.1) is 12.2 Å². The molecule has 0 aliphatic carbocycles. The normalized spacial score (nSPS) is 15.8. The number of rotatable bonds is 6. The number of nitrogens with zero attached hydrogens (tertiary/aromatic N) is 3. The lowest BCUT2D eigenvalue weighted by molar-refractivity contribution is 0.0853. The summed E-state index contributed by atoms with van der Waals surface area (Å²) in [6.45, 7) is 1.65. The molecule has 6 nitrogen and oxygen atoms in total. The van der Waals surface area contributed by atoms with E-state index in [0.717, 1.165) is 24.4 Å². The first kappa shape index (κ1) is 20.3. The van der Waals surface area contributed by atoms with Crippen molar-refractivity contribution in [3.05, 3.63) is 48.2 Å². The van der Waals surface area contributed by atoms with Crippen molar-refractivity contribution in [3.8, 4) is 0 Å². The molecule has 1 aliphatic rings. The van der Waals surface area contributed by atoms with Crippen molar-refractivity contribution in [2.75, 3.05) is 42.3 Å². The summed E-state index contributed by atoms with van der Waals surface area (Å²) in [7, 11) is -4.02. The smallest absolute Gasteiger partial charge is 0.263 e. The highest BCUT2D eigenvalue weighted by Gasteiger charge is 2.21. The molecule has 1 N–H and O–H groups in total. The number of benzene rings is 1. The third-order valence-electron chi connectivity index (χ3n) is 4.30. The molecule has 152 valence electrons. The second-order valence-electron chi connectivity index (χ2n) is 6.27. The molecule has 0 bridgehead atoms. The maximum atomic E-state index is 13.2. The van der Waals surface area contributed by atoms with Crippen LogP contribution in [0.1, 0.15) is 0 Å². The van der Waals surface area contributed by atoms with Crippen LogP contribution in [-0.4, -0.2) is 57.5 Å². The van der Waals surface area contributed by atoms with Crippen LogP contribution in [0.2, 0.25) is 0 Å². The van der Waals surface area contributed by atoms with Crippen LogP contribution < -0.4 is 9.62 Å². The third kappa shape index (κ3) is 4.90. The van der Waals surface area contributed by atoms with E-state index in [0.29, 0.717) is 32.0 Å². The van der Waals surface area contributed by atoms with Gasteiger partial charge < -0.3 is 4.90 Å². The Morgan fingerprint density at radius 2 is 1.75 bits per heavy atom. The Bertz CT molecular complexity index is 917.